The number of furan rings is 1. The molecular weight excluding hydrogens is 378 g/mol. The first-order valence-electron chi connectivity index (χ1n) is 9.27. The van der Waals surface area contributed by atoms with Gasteiger partial charge in [-0.15, -0.1) is 6.58 Å². The maximum Gasteiger partial charge on any atom is 0.251 e. The van der Waals surface area contributed by atoms with Crippen molar-refractivity contribution in [2.45, 2.75) is 23.8 Å². The molecule has 0 bridgehead atoms. The first-order chi connectivity index (χ1) is 13.5. The minimum Gasteiger partial charge on any atom is -0.468 e. The topological polar surface area (TPSA) is 91.6 Å². The molecule has 1 aromatic carbocycles. The third-order valence-corrected chi connectivity index (χ3v) is 6.19. The van der Waals surface area contributed by atoms with Gasteiger partial charge in [-0.1, -0.05) is 6.08 Å². The molecule has 1 amide bonds. The molecule has 1 fully saturated rings. The molecule has 0 aliphatic carbocycles. The number of hydrogen-bond donors (Lipinski definition) is 2. The van der Waals surface area contributed by atoms with Crippen molar-refractivity contribution in [2.75, 3.05) is 26.2 Å². The van der Waals surface area contributed by atoms with Crippen LogP contribution in [0.25, 0.3) is 0 Å². The summed E-state index contributed by atoms with van der Waals surface area (Å²) in [5.74, 6) is 0.579. The van der Waals surface area contributed by atoms with E-state index in [2.05, 4.69) is 21.5 Å². The second-order valence-electron chi connectivity index (χ2n) is 6.65. The molecule has 1 aromatic heterocycles. The monoisotopic (exact) mass is 403 g/mol. The number of sulfonamides is 1. The molecule has 2 aromatic rings. The van der Waals surface area contributed by atoms with Crippen LogP contribution in [-0.2, 0) is 10.0 Å². The summed E-state index contributed by atoms with van der Waals surface area (Å²) in [6.45, 7) is 6.01. The third-order valence-electron chi connectivity index (χ3n) is 4.75. The van der Waals surface area contributed by atoms with Crippen molar-refractivity contribution >= 4 is 15.9 Å². The number of nitrogens with zero attached hydrogens (tertiary/aromatic N) is 1. The van der Waals surface area contributed by atoms with E-state index in [1.807, 2.05) is 12.1 Å². The minimum absolute atomic E-state index is 0.01000. The summed E-state index contributed by atoms with van der Waals surface area (Å²) in [5, 5.41) is 2.94. The van der Waals surface area contributed by atoms with Crippen molar-refractivity contribution < 1.29 is 17.6 Å². The molecule has 1 unspecified atom stereocenters. The molecule has 1 atom stereocenters. The van der Waals surface area contributed by atoms with Crippen LogP contribution in [0.5, 0.6) is 0 Å². The van der Waals surface area contributed by atoms with E-state index in [-0.39, 0.29) is 23.4 Å². The minimum atomic E-state index is -3.60. The Balaban J connectivity index is 1.64. The van der Waals surface area contributed by atoms with Gasteiger partial charge in [0.05, 0.1) is 17.2 Å². The van der Waals surface area contributed by atoms with Gasteiger partial charge in [0.1, 0.15) is 5.76 Å². The van der Waals surface area contributed by atoms with Gasteiger partial charge in [-0.2, -0.15) is 0 Å². The predicted molar refractivity (Wildman–Crippen MR) is 106 cm³/mol. The van der Waals surface area contributed by atoms with E-state index < -0.39 is 10.0 Å². The average molecular weight is 404 g/mol. The molecule has 1 saturated heterocycles. The molecular formula is C20H25N3O4S. The highest BCUT2D eigenvalue weighted by atomic mass is 32.2. The van der Waals surface area contributed by atoms with Crippen molar-refractivity contribution in [2.24, 2.45) is 0 Å². The molecule has 0 radical (unpaired) electrons. The van der Waals surface area contributed by atoms with Crippen LogP contribution in [0.3, 0.4) is 0 Å². The largest absolute Gasteiger partial charge is 0.468 e. The van der Waals surface area contributed by atoms with Crippen LogP contribution in [-0.4, -0.2) is 45.4 Å². The number of hydrogen-bond acceptors (Lipinski definition) is 5. The number of carbonyl (C=O) groups is 1. The molecule has 0 saturated carbocycles. The summed E-state index contributed by atoms with van der Waals surface area (Å²) in [7, 11) is -3.60. The molecule has 8 heteroatoms. The molecule has 28 heavy (non-hydrogen) atoms. The second-order valence-corrected chi connectivity index (χ2v) is 8.42. The Morgan fingerprint density at radius 1 is 1.21 bits per heavy atom. The molecule has 2 N–H and O–H groups in total. The van der Waals surface area contributed by atoms with E-state index in [1.165, 1.54) is 30.3 Å². The quantitative estimate of drug-likeness (QED) is 0.627. The Morgan fingerprint density at radius 2 is 1.93 bits per heavy atom. The fourth-order valence-corrected chi connectivity index (χ4v) is 4.27. The van der Waals surface area contributed by atoms with Crippen LogP contribution in [0.4, 0.5) is 0 Å². The van der Waals surface area contributed by atoms with Crippen LogP contribution < -0.4 is 10.0 Å². The number of amides is 1. The Morgan fingerprint density at radius 3 is 2.54 bits per heavy atom. The van der Waals surface area contributed by atoms with Crippen LogP contribution in [0, 0.1) is 0 Å². The van der Waals surface area contributed by atoms with Crippen molar-refractivity contribution in [1.82, 2.24) is 14.9 Å². The van der Waals surface area contributed by atoms with E-state index in [1.54, 1.807) is 6.26 Å². The summed E-state index contributed by atoms with van der Waals surface area (Å²) in [5.41, 5.74) is 0.405. The smallest absolute Gasteiger partial charge is 0.251 e. The first-order valence-corrected chi connectivity index (χ1v) is 10.8. The third kappa shape index (κ3) is 4.89. The van der Waals surface area contributed by atoms with Gasteiger partial charge < -0.3 is 9.73 Å². The van der Waals surface area contributed by atoms with Gasteiger partial charge in [0.25, 0.3) is 5.91 Å². The van der Waals surface area contributed by atoms with E-state index in [4.69, 9.17) is 4.42 Å². The molecule has 1 aliphatic heterocycles. The van der Waals surface area contributed by atoms with Crippen molar-refractivity contribution in [3.8, 4) is 0 Å². The zero-order valence-electron chi connectivity index (χ0n) is 15.6. The summed E-state index contributed by atoms with van der Waals surface area (Å²) >= 11 is 0. The number of benzene rings is 1. The fraction of sp³-hybridized carbons (Fsp3) is 0.350. The SMILES string of the molecule is C=CCNS(=O)(=O)c1ccc(C(=O)NCC(c2ccco2)N2CCCC2)cc1. The summed E-state index contributed by atoms with van der Waals surface area (Å²) in [4.78, 5) is 14.9. The zero-order valence-corrected chi connectivity index (χ0v) is 16.5. The lowest BCUT2D eigenvalue weighted by Gasteiger charge is -2.26. The highest BCUT2D eigenvalue weighted by Gasteiger charge is 2.26. The Labute approximate surface area is 165 Å². The van der Waals surface area contributed by atoms with Crippen LogP contribution in [0.2, 0.25) is 0 Å². The maximum atomic E-state index is 12.5. The van der Waals surface area contributed by atoms with Gasteiger partial charge in [0.15, 0.2) is 0 Å². The molecule has 150 valence electrons. The maximum absolute atomic E-state index is 12.5. The lowest BCUT2D eigenvalue weighted by molar-refractivity contribution is 0.0933. The molecule has 1 aliphatic rings. The summed E-state index contributed by atoms with van der Waals surface area (Å²) in [6.07, 6.45) is 5.39. The summed E-state index contributed by atoms with van der Waals surface area (Å²) in [6, 6.07) is 9.62. The van der Waals surface area contributed by atoms with Crippen molar-refractivity contribution in [3.05, 3.63) is 66.6 Å². The average Bonchev–Trinajstić information content (AvgIpc) is 3.41. The summed E-state index contributed by atoms with van der Waals surface area (Å²) < 4.78 is 32.1. The van der Waals surface area contributed by atoms with E-state index in [0.29, 0.717) is 12.1 Å². The van der Waals surface area contributed by atoms with Crippen LogP contribution in [0.1, 0.15) is 35.0 Å². The van der Waals surface area contributed by atoms with Gasteiger partial charge >= 0.3 is 0 Å². The van der Waals surface area contributed by atoms with Crippen molar-refractivity contribution in [1.29, 1.82) is 0 Å². The number of rotatable bonds is 9. The van der Waals surface area contributed by atoms with Gasteiger partial charge in [-0.25, -0.2) is 13.1 Å². The van der Waals surface area contributed by atoms with Crippen LogP contribution in [0.15, 0.2) is 64.6 Å². The molecule has 2 heterocycles. The standard InChI is InChI=1S/C20H25N3O4S/c1-2-11-22-28(25,26)17-9-7-16(8-10-17)20(24)21-15-18(19-6-5-14-27-19)23-12-3-4-13-23/h2,5-10,14,18,22H,1,3-4,11-13,15H2,(H,21,24). The predicted octanol–water partition coefficient (Wildman–Crippen LogP) is 2.31. The first kappa shape index (κ1) is 20.3. The molecule has 3 rings (SSSR count). The van der Waals surface area contributed by atoms with E-state index in [0.717, 1.165) is 31.7 Å². The van der Waals surface area contributed by atoms with Crippen molar-refractivity contribution in [3.63, 3.8) is 0 Å². The second kappa shape index (κ2) is 9.18. The van der Waals surface area contributed by atoms with Crippen LogP contribution >= 0.6 is 0 Å². The normalized spacial score (nSPS) is 16.0. The lowest BCUT2D eigenvalue weighted by atomic mass is 10.1. The number of likely N-dealkylation sites (tertiary alicyclic amines) is 1. The Hall–Kier alpha value is -2.42. The van der Waals surface area contributed by atoms with Gasteiger partial charge in [-0.3, -0.25) is 9.69 Å². The fourth-order valence-electron chi connectivity index (χ4n) is 3.27. The van der Waals surface area contributed by atoms with Gasteiger partial charge in [0.2, 0.25) is 10.0 Å². The number of carbonyl (C=O) groups excluding carboxylic acids is 1. The molecule has 7 nitrogen and oxygen atoms in total. The van der Waals surface area contributed by atoms with Gasteiger partial charge in [0, 0.05) is 18.7 Å². The van der Waals surface area contributed by atoms with E-state index >= 15 is 0 Å². The Bertz CT molecular complexity index is 886. The number of nitrogens with one attached hydrogen (secondary N) is 2. The highest BCUT2D eigenvalue weighted by molar-refractivity contribution is 7.89. The van der Waals surface area contributed by atoms with Gasteiger partial charge in [-0.05, 0) is 62.3 Å². The Kier molecular flexibility index (Phi) is 6.66. The molecule has 0 spiro atoms. The van der Waals surface area contributed by atoms with E-state index in [9.17, 15) is 13.2 Å². The lowest BCUT2D eigenvalue weighted by Crippen LogP contribution is -2.36. The highest BCUT2D eigenvalue weighted by Crippen LogP contribution is 2.25. The zero-order chi connectivity index (χ0) is 20.0.